The number of rotatable bonds is 7. The maximum absolute atomic E-state index is 5.89. The third-order valence-corrected chi connectivity index (χ3v) is 2.80. The predicted octanol–water partition coefficient (Wildman–Crippen LogP) is 1.44. The summed E-state index contributed by atoms with van der Waals surface area (Å²) >= 11 is 0. The van der Waals surface area contributed by atoms with Gasteiger partial charge in [0, 0.05) is 31.7 Å². The van der Waals surface area contributed by atoms with E-state index in [0.717, 1.165) is 32.8 Å². The minimum Gasteiger partial charge on any atom is -0.382 e. The highest BCUT2D eigenvalue weighted by Crippen LogP contribution is 2.13. The van der Waals surface area contributed by atoms with E-state index >= 15 is 0 Å². The monoisotopic (exact) mass is 245 g/mol. The number of nitrogens with one attached hydrogen (secondary N) is 1. The molecule has 17 heavy (non-hydrogen) atoms. The van der Waals surface area contributed by atoms with Gasteiger partial charge in [0.1, 0.15) is 0 Å². The molecule has 4 heteroatoms. The van der Waals surface area contributed by atoms with Gasteiger partial charge in [0.15, 0.2) is 0 Å². The van der Waals surface area contributed by atoms with Gasteiger partial charge in [-0.1, -0.05) is 0 Å². The Morgan fingerprint density at radius 1 is 1.41 bits per heavy atom. The number of hydrogen-bond acceptors (Lipinski definition) is 4. The van der Waals surface area contributed by atoms with Gasteiger partial charge in [-0.05, 0) is 27.2 Å². The van der Waals surface area contributed by atoms with Crippen molar-refractivity contribution in [2.24, 2.45) is 5.92 Å². The highest BCUT2D eigenvalue weighted by Gasteiger charge is 2.19. The van der Waals surface area contributed by atoms with Crippen LogP contribution in [-0.2, 0) is 14.2 Å². The van der Waals surface area contributed by atoms with E-state index in [1.54, 1.807) is 7.11 Å². The molecule has 1 aliphatic heterocycles. The van der Waals surface area contributed by atoms with E-state index in [1.807, 2.05) is 0 Å². The van der Waals surface area contributed by atoms with E-state index in [0.29, 0.717) is 12.5 Å². The Morgan fingerprint density at radius 3 is 2.71 bits per heavy atom. The summed E-state index contributed by atoms with van der Waals surface area (Å²) in [6.45, 7) is 10.4. The van der Waals surface area contributed by atoms with Gasteiger partial charge in [-0.2, -0.15) is 0 Å². The Balaban J connectivity index is 2.21. The fraction of sp³-hybridized carbons (Fsp3) is 1.00. The van der Waals surface area contributed by atoms with Crippen LogP contribution < -0.4 is 5.32 Å². The lowest BCUT2D eigenvalue weighted by Crippen LogP contribution is -2.43. The first kappa shape index (κ1) is 14.9. The molecule has 0 bridgehead atoms. The van der Waals surface area contributed by atoms with Crippen molar-refractivity contribution in [1.29, 1.82) is 0 Å². The lowest BCUT2D eigenvalue weighted by atomic mass is 10.1. The van der Waals surface area contributed by atoms with Crippen LogP contribution in [0.25, 0.3) is 0 Å². The topological polar surface area (TPSA) is 39.7 Å². The molecule has 2 atom stereocenters. The molecule has 0 spiro atoms. The molecule has 1 saturated heterocycles. The van der Waals surface area contributed by atoms with E-state index in [2.05, 4.69) is 26.1 Å². The molecular weight excluding hydrogens is 218 g/mol. The quantitative estimate of drug-likeness (QED) is 0.737. The molecule has 4 nitrogen and oxygen atoms in total. The van der Waals surface area contributed by atoms with Crippen molar-refractivity contribution in [2.45, 2.75) is 38.8 Å². The SMILES string of the molecule is COCC(CNC(C)(C)C)OCC1CCOC1. The molecule has 1 rings (SSSR count). The smallest absolute Gasteiger partial charge is 0.0932 e. The molecule has 0 radical (unpaired) electrons. The Kier molecular flexibility index (Phi) is 6.41. The maximum Gasteiger partial charge on any atom is 0.0932 e. The molecule has 1 heterocycles. The zero-order valence-corrected chi connectivity index (χ0v) is 11.6. The Labute approximate surface area is 105 Å². The standard InChI is InChI=1S/C13H27NO3/c1-13(2,3)14-7-12(10-15-4)17-9-11-5-6-16-8-11/h11-12,14H,5-10H2,1-4H3. The van der Waals surface area contributed by atoms with Gasteiger partial charge < -0.3 is 19.5 Å². The summed E-state index contributed by atoms with van der Waals surface area (Å²) < 4.78 is 16.4. The molecule has 102 valence electrons. The second kappa shape index (κ2) is 7.31. The van der Waals surface area contributed by atoms with Crippen LogP contribution in [0.1, 0.15) is 27.2 Å². The fourth-order valence-electron chi connectivity index (χ4n) is 1.76. The maximum atomic E-state index is 5.89. The van der Waals surface area contributed by atoms with Crippen molar-refractivity contribution in [3.8, 4) is 0 Å². The third-order valence-electron chi connectivity index (χ3n) is 2.80. The van der Waals surface area contributed by atoms with E-state index in [4.69, 9.17) is 14.2 Å². The van der Waals surface area contributed by atoms with Gasteiger partial charge in [-0.15, -0.1) is 0 Å². The number of ether oxygens (including phenoxy) is 3. The third kappa shape index (κ3) is 6.99. The fourth-order valence-corrected chi connectivity index (χ4v) is 1.76. The molecule has 1 N–H and O–H groups in total. The van der Waals surface area contributed by atoms with Gasteiger partial charge in [-0.25, -0.2) is 0 Å². The lowest BCUT2D eigenvalue weighted by Gasteiger charge is -2.25. The first-order valence-corrected chi connectivity index (χ1v) is 6.44. The van der Waals surface area contributed by atoms with Crippen molar-refractivity contribution in [3.63, 3.8) is 0 Å². The lowest BCUT2D eigenvalue weighted by molar-refractivity contribution is -0.0194. The Bertz CT molecular complexity index is 197. The second-order valence-corrected chi connectivity index (χ2v) is 5.77. The van der Waals surface area contributed by atoms with Crippen LogP contribution in [0.3, 0.4) is 0 Å². The van der Waals surface area contributed by atoms with Crippen LogP contribution >= 0.6 is 0 Å². The summed E-state index contributed by atoms with van der Waals surface area (Å²) in [5, 5.41) is 3.45. The van der Waals surface area contributed by atoms with Gasteiger partial charge >= 0.3 is 0 Å². The highest BCUT2D eigenvalue weighted by molar-refractivity contribution is 4.74. The Morgan fingerprint density at radius 2 is 2.18 bits per heavy atom. The zero-order valence-electron chi connectivity index (χ0n) is 11.6. The van der Waals surface area contributed by atoms with Crippen molar-refractivity contribution in [1.82, 2.24) is 5.32 Å². The normalized spacial score (nSPS) is 22.9. The van der Waals surface area contributed by atoms with E-state index in [-0.39, 0.29) is 11.6 Å². The van der Waals surface area contributed by atoms with Crippen molar-refractivity contribution >= 4 is 0 Å². The molecule has 0 aromatic rings. The Hall–Kier alpha value is -0.160. The largest absolute Gasteiger partial charge is 0.382 e. The predicted molar refractivity (Wildman–Crippen MR) is 68.3 cm³/mol. The summed E-state index contributed by atoms with van der Waals surface area (Å²) in [5.74, 6) is 0.559. The summed E-state index contributed by atoms with van der Waals surface area (Å²) in [4.78, 5) is 0. The highest BCUT2D eigenvalue weighted by atomic mass is 16.5. The minimum absolute atomic E-state index is 0.117. The zero-order chi connectivity index (χ0) is 12.7. The summed E-state index contributed by atoms with van der Waals surface area (Å²) in [5.41, 5.74) is 0.117. The molecule has 0 saturated carbocycles. The van der Waals surface area contributed by atoms with Crippen LogP contribution in [0.5, 0.6) is 0 Å². The summed E-state index contributed by atoms with van der Waals surface area (Å²) in [6, 6.07) is 0. The molecule has 0 amide bonds. The average Bonchev–Trinajstić information content (AvgIpc) is 2.74. The van der Waals surface area contributed by atoms with Crippen LogP contribution in [0.2, 0.25) is 0 Å². The van der Waals surface area contributed by atoms with Crippen LogP contribution in [0, 0.1) is 5.92 Å². The number of hydrogen-bond donors (Lipinski definition) is 1. The van der Waals surface area contributed by atoms with Crippen molar-refractivity contribution < 1.29 is 14.2 Å². The van der Waals surface area contributed by atoms with Gasteiger partial charge in [0.05, 0.1) is 25.9 Å². The van der Waals surface area contributed by atoms with Crippen LogP contribution in [0.4, 0.5) is 0 Å². The van der Waals surface area contributed by atoms with Crippen LogP contribution in [0.15, 0.2) is 0 Å². The van der Waals surface area contributed by atoms with Gasteiger partial charge in [0.25, 0.3) is 0 Å². The van der Waals surface area contributed by atoms with Crippen molar-refractivity contribution in [2.75, 3.05) is 40.1 Å². The first-order valence-electron chi connectivity index (χ1n) is 6.44. The van der Waals surface area contributed by atoms with Gasteiger partial charge in [0.2, 0.25) is 0 Å². The average molecular weight is 245 g/mol. The van der Waals surface area contributed by atoms with Crippen LogP contribution in [-0.4, -0.2) is 51.7 Å². The molecule has 1 fully saturated rings. The molecule has 0 aromatic heterocycles. The minimum atomic E-state index is 0.117. The van der Waals surface area contributed by atoms with E-state index in [9.17, 15) is 0 Å². The molecular formula is C13H27NO3. The molecule has 1 aliphatic rings. The second-order valence-electron chi connectivity index (χ2n) is 5.77. The first-order chi connectivity index (χ1) is 8.01. The number of methoxy groups -OCH3 is 1. The van der Waals surface area contributed by atoms with E-state index in [1.165, 1.54) is 0 Å². The van der Waals surface area contributed by atoms with Crippen molar-refractivity contribution in [3.05, 3.63) is 0 Å². The van der Waals surface area contributed by atoms with E-state index < -0.39 is 0 Å². The summed E-state index contributed by atoms with van der Waals surface area (Å²) in [7, 11) is 1.71. The van der Waals surface area contributed by atoms with Gasteiger partial charge in [-0.3, -0.25) is 0 Å². The summed E-state index contributed by atoms with van der Waals surface area (Å²) in [6.07, 6.45) is 1.24. The molecule has 0 aliphatic carbocycles. The molecule has 2 unspecified atom stereocenters. The molecule has 0 aromatic carbocycles.